The van der Waals surface area contributed by atoms with Crippen LogP contribution in [-0.4, -0.2) is 52.3 Å². The molecule has 1 fully saturated rings. The van der Waals surface area contributed by atoms with Gasteiger partial charge in [-0.1, -0.05) is 6.92 Å². The molecule has 1 atom stereocenters. The molecule has 6 heteroatoms. The molecule has 1 aromatic rings. The first-order valence-electron chi connectivity index (χ1n) is 7.13. The van der Waals surface area contributed by atoms with Crippen molar-refractivity contribution in [2.45, 2.75) is 39.3 Å². The smallest absolute Gasteiger partial charge is 0.201 e. The zero-order valence-electron chi connectivity index (χ0n) is 12.4. The van der Waals surface area contributed by atoms with Crippen LogP contribution in [0.5, 0.6) is 0 Å². The molecule has 1 aromatic heterocycles. The molecule has 1 aliphatic heterocycles. The lowest BCUT2D eigenvalue weighted by molar-refractivity contribution is -0.0110. The monoisotopic (exact) mass is 343 g/mol. The third-order valence-electron chi connectivity index (χ3n) is 4.20. The molecule has 0 N–H and O–H groups in total. The van der Waals surface area contributed by atoms with Crippen LogP contribution in [0.1, 0.15) is 37.7 Å². The first kappa shape index (κ1) is 15.7. The summed E-state index contributed by atoms with van der Waals surface area (Å²) >= 11 is 3.46. The normalized spacial score (nSPS) is 19.8. The van der Waals surface area contributed by atoms with Gasteiger partial charge in [0.15, 0.2) is 0 Å². The van der Waals surface area contributed by atoms with Gasteiger partial charge in [0.25, 0.3) is 0 Å². The molecule has 0 bridgehead atoms. The molecule has 0 aromatic carbocycles. The van der Waals surface area contributed by atoms with E-state index in [0.29, 0.717) is 25.5 Å². The van der Waals surface area contributed by atoms with Gasteiger partial charge in [-0.05, 0) is 36.2 Å². The van der Waals surface area contributed by atoms with E-state index < -0.39 is 5.54 Å². The van der Waals surface area contributed by atoms with E-state index in [2.05, 4.69) is 32.9 Å². The number of nitrogens with zero attached hydrogens (tertiary/aromatic N) is 3. The van der Waals surface area contributed by atoms with Gasteiger partial charge in [-0.25, -0.2) is 0 Å². The van der Waals surface area contributed by atoms with Crippen LogP contribution in [0.2, 0.25) is 0 Å². The van der Waals surface area contributed by atoms with Crippen LogP contribution in [0.4, 0.5) is 0 Å². The molecular weight excluding hydrogens is 322 g/mol. The van der Waals surface area contributed by atoms with E-state index in [-0.39, 0.29) is 5.78 Å². The Kier molecular flexibility index (Phi) is 4.99. The second-order valence-electron chi connectivity index (χ2n) is 5.21. The van der Waals surface area contributed by atoms with Crippen molar-refractivity contribution in [1.82, 2.24) is 14.7 Å². The van der Waals surface area contributed by atoms with Crippen LogP contribution in [0.3, 0.4) is 0 Å². The van der Waals surface area contributed by atoms with E-state index in [1.54, 1.807) is 10.9 Å². The van der Waals surface area contributed by atoms with Crippen molar-refractivity contribution < 1.29 is 9.53 Å². The van der Waals surface area contributed by atoms with Crippen molar-refractivity contribution in [3.8, 4) is 0 Å². The van der Waals surface area contributed by atoms with Crippen LogP contribution in [0.25, 0.3) is 0 Å². The Morgan fingerprint density at radius 2 is 2.10 bits per heavy atom. The number of ether oxygens (including phenoxy) is 1. The number of rotatable bonds is 5. The first-order chi connectivity index (χ1) is 9.54. The van der Waals surface area contributed by atoms with E-state index in [0.717, 1.165) is 24.0 Å². The van der Waals surface area contributed by atoms with Gasteiger partial charge in [0.05, 0.1) is 29.4 Å². The predicted molar refractivity (Wildman–Crippen MR) is 81.0 cm³/mol. The van der Waals surface area contributed by atoms with Gasteiger partial charge in [0.1, 0.15) is 5.69 Å². The summed E-state index contributed by atoms with van der Waals surface area (Å²) in [5.41, 5.74) is 0.169. The van der Waals surface area contributed by atoms with Crippen LogP contribution in [0.15, 0.2) is 10.7 Å². The van der Waals surface area contributed by atoms with Gasteiger partial charge in [0, 0.05) is 19.6 Å². The Morgan fingerprint density at radius 1 is 1.45 bits per heavy atom. The maximum absolute atomic E-state index is 13.1. The second-order valence-corrected chi connectivity index (χ2v) is 6.07. The lowest BCUT2D eigenvalue weighted by Crippen LogP contribution is -2.56. The summed E-state index contributed by atoms with van der Waals surface area (Å²) < 4.78 is 7.94. The fourth-order valence-corrected chi connectivity index (χ4v) is 3.14. The van der Waals surface area contributed by atoms with Crippen molar-refractivity contribution in [1.29, 1.82) is 0 Å². The Labute approximate surface area is 128 Å². The summed E-state index contributed by atoms with van der Waals surface area (Å²) in [4.78, 5) is 15.3. The summed E-state index contributed by atoms with van der Waals surface area (Å²) in [6, 6.07) is 0. The van der Waals surface area contributed by atoms with E-state index in [9.17, 15) is 4.79 Å². The lowest BCUT2D eigenvalue weighted by atomic mass is 9.88. The van der Waals surface area contributed by atoms with Crippen molar-refractivity contribution in [3.63, 3.8) is 0 Å². The van der Waals surface area contributed by atoms with Crippen molar-refractivity contribution in [2.75, 3.05) is 26.3 Å². The number of aryl methyl sites for hydroxylation is 1. The van der Waals surface area contributed by atoms with Gasteiger partial charge in [-0.3, -0.25) is 14.4 Å². The van der Waals surface area contributed by atoms with Crippen LogP contribution >= 0.6 is 15.9 Å². The number of ketones is 1. The number of carbonyl (C=O) groups excluding carboxylic acids is 1. The molecule has 20 heavy (non-hydrogen) atoms. The predicted octanol–water partition coefficient (Wildman–Crippen LogP) is 2.35. The van der Waals surface area contributed by atoms with Crippen molar-refractivity contribution in [2.24, 2.45) is 0 Å². The fraction of sp³-hybridized carbons (Fsp3) is 0.714. The third kappa shape index (κ3) is 2.69. The molecule has 2 rings (SSSR count). The standard InChI is InChI=1S/C14H22BrN3O2/c1-4-14(3,17-6-8-20-9-7-17)13(19)12-11(15)10-16-18(12)5-2/h10H,4-9H2,1-3H3. The lowest BCUT2D eigenvalue weighted by Gasteiger charge is -2.41. The third-order valence-corrected chi connectivity index (χ3v) is 4.78. The molecule has 0 aliphatic carbocycles. The molecular formula is C14H22BrN3O2. The SMILES string of the molecule is CCn1ncc(Br)c1C(=O)C(C)(CC)N1CCOCC1. The zero-order valence-corrected chi connectivity index (χ0v) is 13.9. The van der Waals surface area contributed by atoms with Crippen molar-refractivity contribution in [3.05, 3.63) is 16.4 Å². The van der Waals surface area contributed by atoms with Crippen LogP contribution < -0.4 is 0 Å². The highest BCUT2D eigenvalue weighted by molar-refractivity contribution is 9.10. The Bertz CT molecular complexity index is 483. The van der Waals surface area contributed by atoms with Crippen LogP contribution in [0, 0.1) is 0 Å². The number of carbonyl (C=O) groups is 1. The summed E-state index contributed by atoms with van der Waals surface area (Å²) in [6.45, 7) is 9.76. The first-order valence-corrected chi connectivity index (χ1v) is 7.92. The molecule has 0 spiro atoms. The Hall–Kier alpha value is -0.720. The minimum absolute atomic E-state index is 0.133. The molecule has 1 saturated heterocycles. The van der Waals surface area contributed by atoms with Crippen LogP contribution in [-0.2, 0) is 11.3 Å². The highest BCUT2D eigenvalue weighted by atomic mass is 79.9. The summed E-state index contributed by atoms with van der Waals surface area (Å²) in [5.74, 6) is 0.133. The molecule has 0 radical (unpaired) electrons. The molecule has 2 heterocycles. The van der Waals surface area contributed by atoms with E-state index in [1.807, 2.05) is 13.8 Å². The maximum atomic E-state index is 13.1. The summed E-state index contributed by atoms with van der Waals surface area (Å²) in [6.07, 6.45) is 2.47. The second kappa shape index (κ2) is 6.37. The minimum atomic E-state index is -0.501. The summed E-state index contributed by atoms with van der Waals surface area (Å²) in [7, 11) is 0. The number of hydrogen-bond donors (Lipinski definition) is 0. The quantitative estimate of drug-likeness (QED) is 0.770. The topological polar surface area (TPSA) is 47.4 Å². The average Bonchev–Trinajstić information content (AvgIpc) is 2.87. The molecule has 5 nitrogen and oxygen atoms in total. The molecule has 0 saturated carbocycles. The largest absolute Gasteiger partial charge is 0.379 e. The average molecular weight is 344 g/mol. The number of morpholine rings is 1. The number of halogens is 1. The van der Waals surface area contributed by atoms with E-state index >= 15 is 0 Å². The Balaban J connectivity index is 2.34. The van der Waals surface area contributed by atoms with E-state index in [1.165, 1.54) is 0 Å². The van der Waals surface area contributed by atoms with Gasteiger partial charge < -0.3 is 4.74 Å². The maximum Gasteiger partial charge on any atom is 0.201 e. The highest BCUT2D eigenvalue weighted by Crippen LogP contribution is 2.29. The Morgan fingerprint density at radius 3 is 2.65 bits per heavy atom. The molecule has 0 amide bonds. The van der Waals surface area contributed by atoms with Gasteiger partial charge in [-0.15, -0.1) is 0 Å². The van der Waals surface area contributed by atoms with Crippen molar-refractivity contribution >= 4 is 21.7 Å². The fourth-order valence-electron chi connectivity index (χ4n) is 2.67. The molecule has 112 valence electrons. The van der Waals surface area contributed by atoms with Gasteiger partial charge >= 0.3 is 0 Å². The summed E-state index contributed by atoms with van der Waals surface area (Å²) in [5, 5.41) is 4.25. The van der Waals surface area contributed by atoms with E-state index in [4.69, 9.17) is 4.74 Å². The van der Waals surface area contributed by atoms with Gasteiger partial charge in [0.2, 0.25) is 5.78 Å². The van der Waals surface area contributed by atoms with Gasteiger partial charge in [-0.2, -0.15) is 5.10 Å². The molecule has 1 aliphatic rings. The number of Topliss-reactive ketones (excluding diaryl/α,β-unsaturated/α-hetero) is 1. The highest BCUT2D eigenvalue weighted by Gasteiger charge is 2.41. The minimum Gasteiger partial charge on any atom is -0.379 e. The number of hydrogen-bond acceptors (Lipinski definition) is 4. The zero-order chi connectivity index (χ0) is 14.8. The molecule has 1 unspecified atom stereocenters. The number of aromatic nitrogens is 2.